The number of hydrogen-bond acceptors (Lipinski definition) is 1. The first-order chi connectivity index (χ1) is 6.26. The van der Waals surface area contributed by atoms with E-state index in [0.29, 0.717) is 12.8 Å². The summed E-state index contributed by atoms with van der Waals surface area (Å²) in [7, 11) is 0. The Morgan fingerprint density at radius 3 is 2.07 bits per heavy atom. The van der Waals surface area contributed by atoms with E-state index in [2.05, 4.69) is 0 Å². The van der Waals surface area contributed by atoms with Gasteiger partial charge in [0.2, 0.25) is 5.92 Å². The van der Waals surface area contributed by atoms with Crippen molar-refractivity contribution in [2.24, 2.45) is 11.3 Å². The molecule has 1 aliphatic rings. The van der Waals surface area contributed by atoms with Crippen molar-refractivity contribution < 1.29 is 13.9 Å². The summed E-state index contributed by atoms with van der Waals surface area (Å²) in [6.07, 6.45) is 0.594. The van der Waals surface area contributed by atoms with Crippen LogP contribution in [0, 0.1) is 11.3 Å². The Bertz CT molecular complexity index is 189. The van der Waals surface area contributed by atoms with E-state index < -0.39 is 12.0 Å². The fraction of sp³-hybridized carbons (Fsp3) is 1.00. The van der Waals surface area contributed by atoms with Crippen LogP contribution in [0.5, 0.6) is 0 Å². The zero-order chi connectivity index (χ0) is 11.0. The maximum absolute atomic E-state index is 12.9. The molecule has 1 saturated carbocycles. The van der Waals surface area contributed by atoms with Crippen molar-refractivity contribution in [1.82, 2.24) is 0 Å². The van der Waals surface area contributed by atoms with Gasteiger partial charge in [-0.3, -0.25) is 0 Å². The minimum atomic E-state index is -2.47. The van der Waals surface area contributed by atoms with E-state index in [9.17, 15) is 13.9 Å². The first-order valence-electron chi connectivity index (χ1n) is 5.31. The summed E-state index contributed by atoms with van der Waals surface area (Å²) in [6, 6.07) is 0. The highest BCUT2D eigenvalue weighted by molar-refractivity contribution is 4.88. The van der Waals surface area contributed by atoms with Crippen molar-refractivity contribution >= 4 is 0 Å². The molecule has 0 aromatic rings. The normalized spacial score (nSPS) is 26.1. The molecule has 1 rings (SSSR count). The second-order valence-electron chi connectivity index (χ2n) is 5.13. The molecule has 84 valence electrons. The zero-order valence-electron chi connectivity index (χ0n) is 9.19. The summed E-state index contributed by atoms with van der Waals surface area (Å²) < 4.78 is 25.8. The molecule has 1 atom stereocenters. The predicted molar refractivity (Wildman–Crippen MR) is 52.4 cm³/mol. The number of halogens is 2. The SMILES string of the molecule is CC(O)C(C)(C)C1CCC(F)(F)CC1. The largest absolute Gasteiger partial charge is 0.393 e. The monoisotopic (exact) mass is 206 g/mol. The lowest BCUT2D eigenvalue weighted by Crippen LogP contribution is -2.39. The quantitative estimate of drug-likeness (QED) is 0.735. The van der Waals surface area contributed by atoms with Crippen LogP contribution in [0.2, 0.25) is 0 Å². The molecule has 14 heavy (non-hydrogen) atoms. The third-order valence-electron chi connectivity index (χ3n) is 3.85. The molecule has 0 amide bonds. The summed E-state index contributed by atoms with van der Waals surface area (Å²) >= 11 is 0. The number of alkyl halides is 2. The van der Waals surface area contributed by atoms with Gasteiger partial charge in [0, 0.05) is 12.8 Å². The Morgan fingerprint density at radius 2 is 1.71 bits per heavy atom. The fourth-order valence-electron chi connectivity index (χ4n) is 2.13. The third-order valence-corrected chi connectivity index (χ3v) is 3.85. The average Bonchev–Trinajstić information content (AvgIpc) is 2.03. The van der Waals surface area contributed by atoms with Gasteiger partial charge in [-0.25, -0.2) is 8.78 Å². The summed E-state index contributed by atoms with van der Waals surface area (Å²) in [4.78, 5) is 0. The summed E-state index contributed by atoms with van der Waals surface area (Å²) in [5, 5.41) is 9.57. The topological polar surface area (TPSA) is 20.2 Å². The Morgan fingerprint density at radius 1 is 1.29 bits per heavy atom. The van der Waals surface area contributed by atoms with E-state index in [1.54, 1.807) is 6.92 Å². The molecule has 1 fully saturated rings. The highest BCUT2D eigenvalue weighted by Gasteiger charge is 2.42. The van der Waals surface area contributed by atoms with Gasteiger partial charge >= 0.3 is 0 Å². The lowest BCUT2D eigenvalue weighted by molar-refractivity contribution is -0.0780. The van der Waals surface area contributed by atoms with Gasteiger partial charge in [-0.2, -0.15) is 0 Å². The minimum Gasteiger partial charge on any atom is -0.393 e. The van der Waals surface area contributed by atoms with Crippen LogP contribution < -0.4 is 0 Å². The van der Waals surface area contributed by atoms with Gasteiger partial charge in [-0.05, 0) is 31.1 Å². The van der Waals surface area contributed by atoms with Gasteiger partial charge in [0.05, 0.1) is 6.10 Å². The Balaban J connectivity index is 2.57. The average molecular weight is 206 g/mol. The Kier molecular flexibility index (Phi) is 3.20. The van der Waals surface area contributed by atoms with E-state index in [-0.39, 0.29) is 24.2 Å². The van der Waals surface area contributed by atoms with Gasteiger partial charge in [-0.15, -0.1) is 0 Å². The first-order valence-corrected chi connectivity index (χ1v) is 5.31. The van der Waals surface area contributed by atoms with Crippen molar-refractivity contribution in [2.45, 2.75) is 58.5 Å². The van der Waals surface area contributed by atoms with Gasteiger partial charge in [0.1, 0.15) is 0 Å². The molecule has 0 bridgehead atoms. The number of aliphatic hydroxyl groups is 1. The molecule has 0 spiro atoms. The number of hydrogen-bond donors (Lipinski definition) is 1. The lowest BCUT2D eigenvalue weighted by Gasteiger charge is -2.41. The van der Waals surface area contributed by atoms with Gasteiger partial charge < -0.3 is 5.11 Å². The van der Waals surface area contributed by atoms with Crippen molar-refractivity contribution in [2.75, 3.05) is 0 Å². The second-order valence-corrected chi connectivity index (χ2v) is 5.13. The zero-order valence-corrected chi connectivity index (χ0v) is 9.19. The van der Waals surface area contributed by atoms with Crippen LogP contribution in [-0.4, -0.2) is 17.1 Å². The molecule has 0 aromatic carbocycles. The van der Waals surface area contributed by atoms with Crippen LogP contribution >= 0.6 is 0 Å². The van der Waals surface area contributed by atoms with E-state index in [0.717, 1.165) is 0 Å². The van der Waals surface area contributed by atoms with Gasteiger partial charge in [0.15, 0.2) is 0 Å². The number of aliphatic hydroxyl groups excluding tert-OH is 1. The molecular weight excluding hydrogens is 186 g/mol. The van der Waals surface area contributed by atoms with Crippen LogP contribution in [0.3, 0.4) is 0 Å². The smallest absolute Gasteiger partial charge is 0.248 e. The molecule has 0 aliphatic heterocycles. The molecule has 3 heteroatoms. The molecule has 0 aromatic heterocycles. The maximum atomic E-state index is 12.9. The van der Waals surface area contributed by atoms with Crippen LogP contribution in [-0.2, 0) is 0 Å². The molecule has 1 N–H and O–H groups in total. The molecule has 1 aliphatic carbocycles. The minimum absolute atomic E-state index is 0.0200. The molecule has 1 unspecified atom stereocenters. The summed E-state index contributed by atoms with van der Waals surface area (Å²) in [5.41, 5.74) is -0.240. The van der Waals surface area contributed by atoms with E-state index in [1.165, 1.54) is 0 Å². The van der Waals surface area contributed by atoms with Crippen LogP contribution in [0.1, 0.15) is 46.5 Å². The van der Waals surface area contributed by atoms with E-state index in [4.69, 9.17) is 0 Å². The van der Waals surface area contributed by atoms with Crippen LogP contribution in [0.25, 0.3) is 0 Å². The van der Waals surface area contributed by atoms with Crippen molar-refractivity contribution in [3.63, 3.8) is 0 Å². The van der Waals surface area contributed by atoms with Crippen molar-refractivity contribution in [1.29, 1.82) is 0 Å². The van der Waals surface area contributed by atoms with Gasteiger partial charge in [-0.1, -0.05) is 13.8 Å². The summed E-state index contributed by atoms with van der Waals surface area (Å²) in [6.45, 7) is 5.67. The molecule has 1 nitrogen and oxygen atoms in total. The molecular formula is C11H20F2O. The van der Waals surface area contributed by atoms with Crippen molar-refractivity contribution in [3.05, 3.63) is 0 Å². The van der Waals surface area contributed by atoms with Crippen LogP contribution in [0.4, 0.5) is 8.78 Å². The Labute approximate surface area is 84.5 Å². The number of rotatable bonds is 2. The third kappa shape index (κ3) is 2.44. The maximum Gasteiger partial charge on any atom is 0.248 e. The van der Waals surface area contributed by atoms with E-state index in [1.807, 2.05) is 13.8 Å². The Hall–Kier alpha value is -0.180. The highest BCUT2D eigenvalue weighted by atomic mass is 19.3. The van der Waals surface area contributed by atoms with Crippen molar-refractivity contribution in [3.8, 4) is 0 Å². The first kappa shape index (κ1) is 11.9. The van der Waals surface area contributed by atoms with Crippen LogP contribution in [0.15, 0.2) is 0 Å². The standard InChI is InChI=1S/C11H20F2O/c1-8(14)10(2,3)9-4-6-11(12,13)7-5-9/h8-9,14H,4-7H2,1-3H3. The van der Waals surface area contributed by atoms with E-state index >= 15 is 0 Å². The second kappa shape index (κ2) is 3.76. The molecule has 0 heterocycles. The fourth-order valence-corrected chi connectivity index (χ4v) is 2.13. The molecule has 0 radical (unpaired) electrons. The molecule has 0 saturated heterocycles. The lowest BCUT2D eigenvalue weighted by atomic mass is 9.68. The predicted octanol–water partition coefficient (Wildman–Crippen LogP) is 3.22. The highest BCUT2D eigenvalue weighted by Crippen LogP contribution is 2.45. The van der Waals surface area contributed by atoms with Gasteiger partial charge in [0.25, 0.3) is 0 Å². The summed E-state index contributed by atoms with van der Waals surface area (Å²) in [5.74, 6) is -2.24.